The van der Waals surface area contributed by atoms with Crippen molar-refractivity contribution in [1.29, 1.82) is 0 Å². The zero-order chi connectivity index (χ0) is 10.1. The van der Waals surface area contributed by atoms with E-state index in [0.717, 1.165) is 19.3 Å². The van der Waals surface area contributed by atoms with Gasteiger partial charge in [-0.2, -0.15) is 0 Å². The fourth-order valence-electron chi connectivity index (χ4n) is 1.39. The van der Waals surface area contributed by atoms with Crippen LogP contribution in [0.3, 0.4) is 0 Å². The van der Waals surface area contributed by atoms with Gasteiger partial charge in [-0.3, -0.25) is 0 Å². The molecule has 0 saturated heterocycles. The van der Waals surface area contributed by atoms with Crippen LogP contribution in [-0.4, -0.2) is 21.0 Å². The van der Waals surface area contributed by atoms with Crippen molar-refractivity contribution < 1.29 is 9.90 Å². The molecule has 1 aromatic heterocycles. The molecule has 1 N–H and O–H groups in total. The Balaban J connectivity index is 2.35. The molecule has 1 aliphatic rings. The van der Waals surface area contributed by atoms with Crippen LogP contribution in [0.1, 0.15) is 41.5 Å². The summed E-state index contributed by atoms with van der Waals surface area (Å²) >= 11 is 5.70. The van der Waals surface area contributed by atoms with E-state index in [0.29, 0.717) is 11.7 Å². The smallest absolute Gasteiger partial charge is 0.354 e. The predicted molar refractivity (Wildman–Crippen MR) is 50.6 cm³/mol. The summed E-state index contributed by atoms with van der Waals surface area (Å²) in [4.78, 5) is 18.7. The highest BCUT2D eigenvalue weighted by Gasteiger charge is 2.23. The van der Waals surface area contributed by atoms with Crippen LogP contribution in [0.4, 0.5) is 0 Å². The summed E-state index contributed by atoms with van der Waals surface area (Å²) in [6, 6.07) is 1.27. The van der Waals surface area contributed by atoms with E-state index in [1.807, 2.05) is 0 Å². The number of halogens is 1. The molecule has 1 aliphatic carbocycles. The summed E-state index contributed by atoms with van der Waals surface area (Å²) in [7, 11) is 0. The highest BCUT2D eigenvalue weighted by Crippen LogP contribution is 2.34. The lowest BCUT2D eigenvalue weighted by atomic mass is 9.85. The van der Waals surface area contributed by atoms with Crippen LogP contribution in [0.15, 0.2) is 6.07 Å². The summed E-state index contributed by atoms with van der Waals surface area (Å²) in [5, 5.41) is 8.96. The third-order valence-electron chi connectivity index (χ3n) is 2.40. The van der Waals surface area contributed by atoms with Crippen molar-refractivity contribution >= 4 is 17.6 Å². The van der Waals surface area contributed by atoms with Crippen molar-refractivity contribution in [2.45, 2.75) is 25.2 Å². The highest BCUT2D eigenvalue weighted by atomic mass is 35.5. The van der Waals surface area contributed by atoms with E-state index in [1.165, 1.54) is 6.07 Å². The van der Waals surface area contributed by atoms with Crippen molar-refractivity contribution in [2.75, 3.05) is 0 Å². The molecular formula is C9H9ClN2O2. The number of rotatable bonds is 2. The first-order valence-electron chi connectivity index (χ1n) is 4.44. The van der Waals surface area contributed by atoms with Gasteiger partial charge in [0.25, 0.3) is 0 Å². The lowest BCUT2D eigenvalue weighted by Crippen LogP contribution is -2.15. The summed E-state index contributed by atoms with van der Waals surface area (Å²) in [6.07, 6.45) is 3.21. The van der Waals surface area contributed by atoms with Crippen molar-refractivity contribution in [3.8, 4) is 0 Å². The van der Waals surface area contributed by atoms with Gasteiger partial charge in [-0.15, -0.1) is 0 Å². The Bertz CT molecular complexity index is 377. The van der Waals surface area contributed by atoms with E-state index in [-0.39, 0.29) is 10.8 Å². The average Bonchev–Trinajstić information content (AvgIpc) is 1.99. The molecule has 5 heteroatoms. The molecular weight excluding hydrogens is 204 g/mol. The second-order valence-electron chi connectivity index (χ2n) is 3.37. The maximum absolute atomic E-state index is 10.7. The summed E-state index contributed by atoms with van der Waals surface area (Å²) in [5.41, 5.74) is -0.0214. The predicted octanol–water partition coefficient (Wildman–Crippen LogP) is 2.10. The van der Waals surface area contributed by atoms with Crippen LogP contribution in [0.25, 0.3) is 0 Å². The number of carboxylic acids is 1. The number of aromatic carboxylic acids is 1. The molecule has 0 atom stereocenters. The van der Waals surface area contributed by atoms with Gasteiger partial charge < -0.3 is 5.11 Å². The quantitative estimate of drug-likeness (QED) is 0.763. The van der Waals surface area contributed by atoms with Crippen LogP contribution < -0.4 is 0 Å². The number of carboxylic acid groups (broad SMARTS) is 1. The van der Waals surface area contributed by atoms with E-state index in [1.54, 1.807) is 0 Å². The fraction of sp³-hybridized carbons (Fsp3) is 0.444. The Labute approximate surface area is 85.9 Å². The fourth-order valence-corrected chi connectivity index (χ4v) is 1.58. The topological polar surface area (TPSA) is 63.1 Å². The minimum absolute atomic E-state index is 0.0214. The first-order chi connectivity index (χ1) is 6.66. The Morgan fingerprint density at radius 2 is 2.21 bits per heavy atom. The highest BCUT2D eigenvalue weighted by molar-refractivity contribution is 6.29. The summed E-state index contributed by atoms with van der Waals surface area (Å²) in [5.74, 6) is -0.192. The van der Waals surface area contributed by atoms with Gasteiger partial charge in [0.15, 0.2) is 5.69 Å². The summed E-state index contributed by atoms with van der Waals surface area (Å²) in [6.45, 7) is 0. The zero-order valence-electron chi connectivity index (χ0n) is 7.40. The van der Waals surface area contributed by atoms with Gasteiger partial charge in [0, 0.05) is 12.0 Å². The third-order valence-corrected chi connectivity index (χ3v) is 2.60. The second kappa shape index (κ2) is 3.53. The molecule has 0 spiro atoms. The second-order valence-corrected chi connectivity index (χ2v) is 3.75. The lowest BCUT2D eigenvalue weighted by molar-refractivity contribution is 0.0689. The largest absolute Gasteiger partial charge is 0.477 e. The molecule has 0 bridgehead atoms. The van der Waals surface area contributed by atoms with Gasteiger partial charge >= 0.3 is 5.97 Å². The maximum atomic E-state index is 10.7. The molecule has 14 heavy (non-hydrogen) atoms. The number of nitrogens with zero attached hydrogens (tertiary/aromatic N) is 2. The van der Waals surface area contributed by atoms with E-state index >= 15 is 0 Å². The molecule has 0 aliphatic heterocycles. The molecule has 1 aromatic rings. The Morgan fingerprint density at radius 3 is 2.71 bits per heavy atom. The Kier molecular flexibility index (Phi) is 2.37. The van der Waals surface area contributed by atoms with Crippen molar-refractivity contribution in [2.24, 2.45) is 0 Å². The first kappa shape index (κ1) is 9.40. The molecule has 74 valence electrons. The Hall–Kier alpha value is -1.16. The van der Waals surface area contributed by atoms with E-state index in [9.17, 15) is 4.79 Å². The first-order valence-corrected chi connectivity index (χ1v) is 4.82. The molecule has 1 fully saturated rings. The number of carbonyl (C=O) groups is 1. The van der Waals surface area contributed by atoms with Gasteiger partial charge in [-0.1, -0.05) is 18.0 Å². The zero-order valence-corrected chi connectivity index (χ0v) is 8.16. The van der Waals surface area contributed by atoms with Crippen LogP contribution in [0.5, 0.6) is 0 Å². The normalized spacial score (nSPS) is 16.4. The molecule has 0 aromatic carbocycles. The van der Waals surface area contributed by atoms with Gasteiger partial charge in [-0.25, -0.2) is 14.8 Å². The molecule has 4 nitrogen and oxygen atoms in total. The molecule has 0 unspecified atom stereocenters. The van der Waals surface area contributed by atoms with E-state index in [4.69, 9.17) is 16.7 Å². The van der Waals surface area contributed by atoms with Crippen LogP contribution >= 0.6 is 11.6 Å². The molecule has 1 saturated carbocycles. The Morgan fingerprint density at radius 1 is 1.50 bits per heavy atom. The van der Waals surface area contributed by atoms with Crippen molar-refractivity contribution in [3.05, 3.63) is 22.7 Å². The number of hydrogen-bond donors (Lipinski definition) is 1. The van der Waals surface area contributed by atoms with Crippen LogP contribution in [-0.2, 0) is 0 Å². The molecule has 0 amide bonds. The number of aromatic nitrogens is 2. The summed E-state index contributed by atoms with van der Waals surface area (Å²) < 4.78 is 0. The van der Waals surface area contributed by atoms with E-state index < -0.39 is 5.97 Å². The molecule has 0 radical (unpaired) electrons. The molecule has 1 heterocycles. The van der Waals surface area contributed by atoms with Gasteiger partial charge in [0.05, 0.1) is 0 Å². The maximum Gasteiger partial charge on any atom is 0.354 e. The molecule has 2 rings (SSSR count). The van der Waals surface area contributed by atoms with Gasteiger partial charge in [0.2, 0.25) is 0 Å². The lowest BCUT2D eigenvalue weighted by Gasteiger charge is -2.23. The minimum atomic E-state index is -1.06. The minimum Gasteiger partial charge on any atom is -0.477 e. The standard InChI is InChI=1S/C9H9ClN2O2/c10-7-4-6(9(13)14)11-8(12-7)5-2-1-3-5/h4-5H,1-3H2,(H,13,14). The average molecular weight is 213 g/mol. The number of hydrogen-bond acceptors (Lipinski definition) is 3. The SMILES string of the molecule is O=C(O)c1cc(Cl)nc(C2CCC2)n1. The van der Waals surface area contributed by atoms with E-state index in [2.05, 4.69) is 9.97 Å². The van der Waals surface area contributed by atoms with Crippen molar-refractivity contribution in [1.82, 2.24) is 9.97 Å². The third kappa shape index (κ3) is 1.70. The van der Waals surface area contributed by atoms with Crippen molar-refractivity contribution in [3.63, 3.8) is 0 Å². The van der Waals surface area contributed by atoms with Gasteiger partial charge in [0.1, 0.15) is 11.0 Å². The van der Waals surface area contributed by atoms with Gasteiger partial charge in [-0.05, 0) is 12.8 Å². The van der Waals surface area contributed by atoms with Crippen LogP contribution in [0, 0.1) is 0 Å². The van der Waals surface area contributed by atoms with Crippen LogP contribution in [0.2, 0.25) is 5.15 Å². The monoisotopic (exact) mass is 212 g/mol.